The van der Waals surface area contributed by atoms with E-state index in [0.717, 1.165) is 56.9 Å². The number of hydrogen-bond acceptors (Lipinski definition) is 3. The lowest BCUT2D eigenvalue weighted by atomic mass is 9.94. The van der Waals surface area contributed by atoms with Gasteiger partial charge >= 0.3 is 0 Å². The van der Waals surface area contributed by atoms with Gasteiger partial charge in [0.1, 0.15) is 0 Å². The van der Waals surface area contributed by atoms with Crippen LogP contribution >= 0.6 is 0 Å². The van der Waals surface area contributed by atoms with Crippen LogP contribution in [0.25, 0.3) is 49.7 Å². The smallest absolute Gasteiger partial charge is 0.0949 e. The molecule has 3 heterocycles. The Hall–Kier alpha value is -7.82. The molecule has 0 spiro atoms. The SMILES string of the molecule is c1ccc(-c2ccc3c(c2)N2c4cc(-c5ccccc5)ccc4N(c4ccccc4)c4cc(-n5c6ccccc6c6ccccc65)cc(c42)N3c2ccccc2)cc1. The van der Waals surface area contributed by atoms with E-state index in [1.165, 1.54) is 44.1 Å². The summed E-state index contributed by atoms with van der Waals surface area (Å²) < 4.78 is 2.44. The maximum absolute atomic E-state index is 2.53. The van der Waals surface area contributed by atoms with Gasteiger partial charge in [-0.2, -0.15) is 0 Å². The van der Waals surface area contributed by atoms with Crippen LogP contribution in [0.5, 0.6) is 0 Å². The molecular formula is C54H36N4. The average molecular weight is 741 g/mol. The van der Waals surface area contributed by atoms with Gasteiger partial charge in [-0.05, 0) is 95.1 Å². The van der Waals surface area contributed by atoms with E-state index in [4.69, 9.17) is 0 Å². The number of anilines is 9. The van der Waals surface area contributed by atoms with Crippen molar-refractivity contribution in [3.05, 3.63) is 218 Å². The van der Waals surface area contributed by atoms with Crippen LogP contribution in [0.2, 0.25) is 0 Å². The summed E-state index contributed by atoms with van der Waals surface area (Å²) in [6.07, 6.45) is 0. The van der Waals surface area contributed by atoms with Gasteiger partial charge in [0.25, 0.3) is 0 Å². The van der Waals surface area contributed by atoms with E-state index in [1.54, 1.807) is 0 Å². The highest BCUT2D eigenvalue weighted by atomic mass is 15.3. The molecule has 0 atom stereocenters. The molecule has 12 rings (SSSR count). The number of rotatable bonds is 5. The van der Waals surface area contributed by atoms with Gasteiger partial charge < -0.3 is 19.3 Å². The summed E-state index contributed by atoms with van der Waals surface area (Å²) in [5.74, 6) is 0. The van der Waals surface area contributed by atoms with Crippen molar-refractivity contribution in [3.8, 4) is 27.9 Å². The number of aromatic nitrogens is 1. The molecule has 2 aliphatic rings. The number of hydrogen-bond donors (Lipinski definition) is 0. The lowest BCUT2D eigenvalue weighted by molar-refractivity contribution is 1.10. The molecule has 0 N–H and O–H groups in total. The van der Waals surface area contributed by atoms with E-state index in [1.807, 2.05) is 0 Å². The van der Waals surface area contributed by atoms with E-state index in [2.05, 4.69) is 238 Å². The Kier molecular flexibility index (Phi) is 7.20. The standard InChI is InChI=1S/C54H36N4/c1-5-17-37(18-6-1)39-29-31-48-50(33-39)58-51-34-40(38-19-7-2-8-20-38)30-32-49(51)56(42-23-11-4-12-24-42)53-36-43(35-52(54(53)58)55(48)41-21-9-3-10-22-41)57-46-27-15-13-25-44(46)45-26-14-16-28-47(45)57/h1-36H. The van der Waals surface area contributed by atoms with Gasteiger partial charge in [0.2, 0.25) is 0 Å². The van der Waals surface area contributed by atoms with Gasteiger partial charge in [0.15, 0.2) is 0 Å². The van der Waals surface area contributed by atoms with Crippen molar-refractivity contribution in [1.29, 1.82) is 0 Å². The molecule has 0 fully saturated rings. The molecule has 1 aromatic heterocycles. The number of nitrogens with zero attached hydrogens (tertiary/aromatic N) is 4. The minimum absolute atomic E-state index is 1.10. The summed E-state index contributed by atoms with van der Waals surface area (Å²) in [5.41, 5.74) is 18.2. The minimum atomic E-state index is 1.10. The molecule has 0 bridgehead atoms. The van der Waals surface area contributed by atoms with Crippen LogP contribution < -0.4 is 14.7 Å². The Balaban J connectivity index is 1.23. The first-order valence-corrected chi connectivity index (χ1v) is 19.9. The molecule has 4 nitrogen and oxygen atoms in total. The van der Waals surface area contributed by atoms with Crippen LogP contribution in [0, 0.1) is 0 Å². The molecule has 9 aromatic carbocycles. The largest absolute Gasteiger partial charge is 0.309 e. The van der Waals surface area contributed by atoms with Crippen molar-refractivity contribution >= 4 is 73.0 Å². The summed E-state index contributed by atoms with van der Waals surface area (Å²) in [7, 11) is 0. The third-order valence-electron chi connectivity index (χ3n) is 11.8. The third-order valence-corrected chi connectivity index (χ3v) is 11.8. The third kappa shape index (κ3) is 4.88. The highest BCUT2D eigenvalue weighted by molar-refractivity contribution is 6.15. The summed E-state index contributed by atoms with van der Waals surface area (Å²) in [4.78, 5) is 7.46. The van der Waals surface area contributed by atoms with Crippen LogP contribution in [0.3, 0.4) is 0 Å². The number of para-hydroxylation sites is 4. The summed E-state index contributed by atoms with van der Waals surface area (Å²) in [6, 6.07) is 79.4. The van der Waals surface area contributed by atoms with E-state index in [0.29, 0.717) is 0 Å². The van der Waals surface area contributed by atoms with Crippen LogP contribution in [-0.2, 0) is 0 Å². The Labute approximate surface area is 337 Å². The minimum Gasteiger partial charge on any atom is -0.309 e. The van der Waals surface area contributed by atoms with E-state index >= 15 is 0 Å². The fraction of sp³-hybridized carbons (Fsp3) is 0. The topological polar surface area (TPSA) is 14.7 Å². The summed E-state index contributed by atoms with van der Waals surface area (Å²) >= 11 is 0. The summed E-state index contributed by atoms with van der Waals surface area (Å²) in [5, 5.41) is 2.48. The molecule has 0 saturated carbocycles. The molecule has 0 amide bonds. The molecule has 272 valence electrons. The molecule has 0 unspecified atom stereocenters. The predicted octanol–water partition coefficient (Wildman–Crippen LogP) is 15.2. The second kappa shape index (κ2) is 12.9. The summed E-state index contributed by atoms with van der Waals surface area (Å²) in [6.45, 7) is 0. The van der Waals surface area contributed by atoms with Gasteiger partial charge in [0, 0.05) is 22.1 Å². The zero-order valence-corrected chi connectivity index (χ0v) is 31.6. The molecule has 2 aliphatic heterocycles. The highest BCUT2D eigenvalue weighted by Gasteiger charge is 2.40. The Morgan fingerprint density at radius 2 is 0.638 bits per heavy atom. The first-order chi connectivity index (χ1) is 28.8. The molecular weight excluding hydrogens is 705 g/mol. The normalized spacial score (nSPS) is 12.7. The van der Waals surface area contributed by atoms with Crippen molar-refractivity contribution in [3.63, 3.8) is 0 Å². The van der Waals surface area contributed by atoms with E-state index < -0.39 is 0 Å². The van der Waals surface area contributed by atoms with E-state index in [-0.39, 0.29) is 0 Å². The average Bonchev–Trinajstić information content (AvgIpc) is 3.64. The van der Waals surface area contributed by atoms with Crippen molar-refractivity contribution in [1.82, 2.24) is 4.57 Å². The van der Waals surface area contributed by atoms with Crippen LogP contribution in [0.1, 0.15) is 0 Å². The number of fused-ring (bicyclic) bond motifs is 7. The lowest BCUT2D eigenvalue weighted by Crippen LogP contribution is -2.30. The molecule has 10 aromatic rings. The Morgan fingerprint density at radius 3 is 1.09 bits per heavy atom. The van der Waals surface area contributed by atoms with Gasteiger partial charge in [-0.15, -0.1) is 0 Å². The van der Waals surface area contributed by atoms with Crippen LogP contribution in [0.15, 0.2) is 218 Å². The highest BCUT2D eigenvalue weighted by Crippen LogP contribution is 2.64. The first kappa shape index (κ1) is 32.4. The van der Waals surface area contributed by atoms with Gasteiger partial charge in [-0.1, -0.05) is 146 Å². The first-order valence-electron chi connectivity index (χ1n) is 19.9. The maximum Gasteiger partial charge on any atom is 0.0949 e. The molecule has 58 heavy (non-hydrogen) atoms. The Morgan fingerprint density at radius 1 is 0.241 bits per heavy atom. The van der Waals surface area contributed by atoms with Crippen LogP contribution in [0.4, 0.5) is 51.2 Å². The predicted molar refractivity (Wildman–Crippen MR) is 243 cm³/mol. The maximum atomic E-state index is 2.53. The zero-order chi connectivity index (χ0) is 38.2. The van der Waals surface area contributed by atoms with Gasteiger partial charge in [-0.3, -0.25) is 0 Å². The molecule has 4 heteroatoms. The van der Waals surface area contributed by atoms with Crippen molar-refractivity contribution in [2.75, 3.05) is 14.7 Å². The van der Waals surface area contributed by atoms with Crippen molar-refractivity contribution in [2.24, 2.45) is 0 Å². The van der Waals surface area contributed by atoms with Gasteiger partial charge in [-0.25, -0.2) is 0 Å². The zero-order valence-electron chi connectivity index (χ0n) is 31.6. The van der Waals surface area contributed by atoms with Crippen molar-refractivity contribution in [2.45, 2.75) is 0 Å². The monoisotopic (exact) mass is 740 g/mol. The van der Waals surface area contributed by atoms with Crippen LogP contribution in [-0.4, -0.2) is 4.57 Å². The van der Waals surface area contributed by atoms with Gasteiger partial charge in [0.05, 0.1) is 56.5 Å². The molecule has 0 saturated heterocycles. The fourth-order valence-corrected chi connectivity index (χ4v) is 9.23. The Bertz CT molecular complexity index is 2960. The second-order valence-corrected chi connectivity index (χ2v) is 15.0. The number of benzene rings is 9. The van der Waals surface area contributed by atoms with Crippen molar-refractivity contribution < 1.29 is 0 Å². The second-order valence-electron chi connectivity index (χ2n) is 15.0. The quantitative estimate of drug-likeness (QED) is 0.175. The molecule has 0 aliphatic carbocycles. The molecule has 0 radical (unpaired) electrons. The lowest BCUT2D eigenvalue weighted by Gasteiger charge is -2.47. The van der Waals surface area contributed by atoms with E-state index in [9.17, 15) is 0 Å². The fourth-order valence-electron chi connectivity index (χ4n) is 9.23.